The molecule has 0 saturated carbocycles. The Bertz CT molecular complexity index is 533. The molecule has 12 heteroatoms. The highest BCUT2D eigenvalue weighted by Gasteiger charge is 2.58. The van der Waals surface area contributed by atoms with Crippen LogP contribution in [0, 0.1) is 5.92 Å². The van der Waals surface area contributed by atoms with Crippen LogP contribution in [0.25, 0.3) is 0 Å². The van der Waals surface area contributed by atoms with Crippen LogP contribution in [-0.2, 0) is 33.2 Å². The molecule has 7 unspecified atom stereocenters. The van der Waals surface area contributed by atoms with Crippen molar-refractivity contribution in [1.82, 2.24) is 0 Å². The fourth-order valence-electron chi connectivity index (χ4n) is 3.51. The maximum absolute atomic E-state index is 11.0. The third-order valence-electron chi connectivity index (χ3n) is 5.00. The zero-order valence-electron chi connectivity index (χ0n) is 16.5. The number of aliphatic hydroxyl groups is 5. The molecule has 12 nitrogen and oxygen atoms in total. The average molecular weight is 426 g/mol. The average Bonchev–Trinajstić information content (AvgIpc) is 2.93. The monoisotopic (exact) mass is 426 g/mol. The van der Waals surface area contributed by atoms with E-state index in [2.05, 4.69) is 0 Å². The topological polar surface area (TPSA) is 174 Å². The van der Waals surface area contributed by atoms with Crippen molar-refractivity contribution in [3.63, 3.8) is 0 Å². The molecule has 0 aromatic carbocycles. The largest absolute Gasteiger partial charge is 0.463 e. The second-order valence-corrected chi connectivity index (χ2v) is 7.08. The van der Waals surface area contributed by atoms with E-state index in [1.54, 1.807) is 0 Å². The summed E-state index contributed by atoms with van der Waals surface area (Å²) in [7, 11) is 2.75. The molecule has 0 aliphatic carbocycles. The van der Waals surface area contributed by atoms with Crippen LogP contribution in [0.15, 0.2) is 0 Å². The van der Waals surface area contributed by atoms with Crippen LogP contribution >= 0.6 is 0 Å². The minimum absolute atomic E-state index is 0.0473. The van der Waals surface area contributed by atoms with Crippen molar-refractivity contribution in [3.8, 4) is 0 Å². The SMILES string of the molecule is COCC1C(CO)OC(COC)(O[C@H]2OC(COC(C)=O)[C@@H](O)C(O)C2O)C1O. The smallest absolute Gasteiger partial charge is 0.302 e. The van der Waals surface area contributed by atoms with Crippen molar-refractivity contribution in [2.45, 2.75) is 55.6 Å². The maximum atomic E-state index is 11.0. The zero-order chi connectivity index (χ0) is 21.8. The normalized spacial score (nSPS) is 42.8. The van der Waals surface area contributed by atoms with Gasteiger partial charge in [0.1, 0.15) is 43.7 Å². The third-order valence-corrected chi connectivity index (χ3v) is 5.00. The number of esters is 1. The molecule has 2 aliphatic heterocycles. The van der Waals surface area contributed by atoms with Crippen molar-refractivity contribution in [3.05, 3.63) is 0 Å². The van der Waals surface area contributed by atoms with Crippen molar-refractivity contribution < 1.29 is 58.7 Å². The lowest BCUT2D eigenvalue weighted by atomic mass is 9.95. The van der Waals surface area contributed by atoms with Crippen LogP contribution in [0.2, 0.25) is 0 Å². The van der Waals surface area contributed by atoms with Crippen LogP contribution in [0.3, 0.4) is 0 Å². The van der Waals surface area contributed by atoms with E-state index in [-0.39, 0.29) is 13.2 Å². The van der Waals surface area contributed by atoms with E-state index in [1.165, 1.54) is 14.2 Å². The predicted molar refractivity (Wildman–Crippen MR) is 92.3 cm³/mol. The Labute approximate surface area is 167 Å². The van der Waals surface area contributed by atoms with Gasteiger partial charge in [-0.05, 0) is 0 Å². The molecule has 0 spiro atoms. The molecule has 0 aromatic heterocycles. The van der Waals surface area contributed by atoms with Gasteiger partial charge in [0.15, 0.2) is 6.29 Å². The van der Waals surface area contributed by atoms with Gasteiger partial charge in [-0.25, -0.2) is 0 Å². The van der Waals surface area contributed by atoms with E-state index in [1.807, 2.05) is 0 Å². The number of hydrogen-bond donors (Lipinski definition) is 5. The van der Waals surface area contributed by atoms with Crippen molar-refractivity contribution in [1.29, 1.82) is 0 Å². The number of methoxy groups -OCH3 is 2. The number of aliphatic hydroxyl groups excluding tert-OH is 5. The second kappa shape index (κ2) is 10.4. The molecule has 0 bridgehead atoms. The molecule has 29 heavy (non-hydrogen) atoms. The Morgan fingerprint density at radius 2 is 1.69 bits per heavy atom. The number of rotatable bonds is 9. The van der Waals surface area contributed by atoms with Gasteiger partial charge in [0.25, 0.3) is 0 Å². The van der Waals surface area contributed by atoms with E-state index in [4.69, 9.17) is 28.4 Å². The molecule has 5 N–H and O–H groups in total. The van der Waals surface area contributed by atoms with Crippen LogP contribution in [-0.4, -0.2) is 121 Å². The molecular formula is C17H30O12. The summed E-state index contributed by atoms with van der Waals surface area (Å²) in [4.78, 5) is 11.0. The minimum Gasteiger partial charge on any atom is -0.463 e. The molecule has 0 aromatic rings. The molecule has 170 valence electrons. The first-order valence-electron chi connectivity index (χ1n) is 9.16. The summed E-state index contributed by atoms with van der Waals surface area (Å²) < 4.78 is 31.9. The van der Waals surface area contributed by atoms with Crippen LogP contribution in [0.4, 0.5) is 0 Å². The first kappa shape index (κ1) is 24.3. The van der Waals surface area contributed by atoms with Gasteiger partial charge in [-0.1, -0.05) is 0 Å². The number of hydrogen-bond acceptors (Lipinski definition) is 12. The molecule has 0 radical (unpaired) electrons. The summed E-state index contributed by atoms with van der Waals surface area (Å²) in [5.41, 5.74) is 0. The number of ether oxygens (including phenoxy) is 6. The molecular weight excluding hydrogens is 396 g/mol. The Morgan fingerprint density at radius 3 is 2.24 bits per heavy atom. The molecule has 2 heterocycles. The van der Waals surface area contributed by atoms with E-state index in [0.717, 1.165) is 6.92 Å². The van der Waals surface area contributed by atoms with Gasteiger partial charge < -0.3 is 54.0 Å². The summed E-state index contributed by atoms with van der Waals surface area (Å²) in [5.74, 6) is -3.16. The number of carbonyl (C=O) groups is 1. The first-order valence-corrected chi connectivity index (χ1v) is 9.16. The molecule has 2 saturated heterocycles. The van der Waals surface area contributed by atoms with Gasteiger partial charge in [0.05, 0.1) is 19.3 Å². The molecule has 9 atom stereocenters. The number of carbonyl (C=O) groups excluding carboxylic acids is 1. The Balaban J connectivity index is 2.22. The lowest BCUT2D eigenvalue weighted by Crippen LogP contribution is -2.62. The molecule has 2 fully saturated rings. The summed E-state index contributed by atoms with van der Waals surface area (Å²) in [6.07, 6.45) is -9.92. The summed E-state index contributed by atoms with van der Waals surface area (Å²) in [5, 5.41) is 50.9. The zero-order valence-corrected chi connectivity index (χ0v) is 16.5. The summed E-state index contributed by atoms with van der Waals surface area (Å²) >= 11 is 0. The van der Waals surface area contributed by atoms with Gasteiger partial charge in [-0.3, -0.25) is 4.79 Å². The fourth-order valence-corrected chi connectivity index (χ4v) is 3.51. The highest BCUT2D eigenvalue weighted by Crippen LogP contribution is 2.39. The minimum atomic E-state index is -1.86. The maximum Gasteiger partial charge on any atom is 0.302 e. The Kier molecular flexibility index (Phi) is 8.72. The third kappa shape index (κ3) is 5.22. The van der Waals surface area contributed by atoms with Crippen molar-refractivity contribution in [2.75, 3.05) is 40.6 Å². The van der Waals surface area contributed by atoms with Gasteiger partial charge in [-0.2, -0.15) is 0 Å². The standard InChI is InChI=1S/C17H30O12/c1-8(19)26-6-11-12(20)13(21)14(22)16(27-11)29-17(7-25-3)15(23)9(5-24-2)10(4-18)28-17/h9-16,18,20-23H,4-7H2,1-3H3/t9?,10?,11?,12-,13?,14?,15?,16-,17?/m1/s1. The van der Waals surface area contributed by atoms with Gasteiger partial charge in [0, 0.05) is 27.1 Å². The van der Waals surface area contributed by atoms with E-state index >= 15 is 0 Å². The van der Waals surface area contributed by atoms with E-state index < -0.39 is 73.8 Å². The first-order chi connectivity index (χ1) is 13.7. The van der Waals surface area contributed by atoms with Crippen LogP contribution < -0.4 is 0 Å². The van der Waals surface area contributed by atoms with Crippen molar-refractivity contribution >= 4 is 5.97 Å². The summed E-state index contributed by atoms with van der Waals surface area (Å²) in [6.45, 7) is 0.0724. The Hall–Kier alpha value is -0.930. The second-order valence-electron chi connectivity index (χ2n) is 7.08. The molecule has 2 rings (SSSR count). The fraction of sp³-hybridized carbons (Fsp3) is 0.941. The summed E-state index contributed by atoms with van der Waals surface area (Å²) in [6, 6.07) is 0. The molecule has 2 aliphatic rings. The van der Waals surface area contributed by atoms with Gasteiger partial charge in [-0.15, -0.1) is 0 Å². The lowest BCUT2D eigenvalue weighted by molar-refractivity contribution is -0.384. The quantitative estimate of drug-likeness (QED) is 0.233. The van der Waals surface area contributed by atoms with E-state index in [0.29, 0.717) is 0 Å². The van der Waals surface area contributed by atoms with Crippen molar-refractivity contribution in [2.24, 2.45) is 5.92 Å². The Morgan fingerprint density at radius 1 is 1.00 bits per heavy atom. The van der Waals surface area contributed by atoms with Gasteiger partial charge in [0.2, 0.25) is 5.79 Å². The van der Waals surface area contributed by atoms with Gasteiger partial charge >= 0.3 is 5.97 Å². The highest BCUT2D eigenvalue weighted by molar-refractivity contribution is 5.65. The highest BCUT2D eigenvalue weighted by atomic mass is 16.8. The predicted octanol–water partition coefficient (Wildman–Crippen LogP) is -3.27. The van der Waals surface area contributed by atoms with Crippen LogP contribution in [0.5, 0.6) is 0 Å². The molecule has 0 amide bonds. The van der Waals surface area contributed by atoms with E-state index in [9.17, 15) is 30.3 Å². The lowest BCUT2D eigenvalue weighted by Gasteiger charge is -2.43. The van der Waals surface area contributed by atoms with Crippen LogP contribution in [0.1, 0.15) is 6.92 Å².